The number of thioether (sulfide) groups is 1. The highest BCUT2D eigenvalue weighted by molar-refractivity contribution is 8.01. The molecule has 1 amide bonds. The number of carbonyl (C=O) groups is 1. The van der Waals surface area contributed by atoms with Crippen LogP contribution in [-0.4, -0.2) is 33.1 Å². The summed E-state index contributed by atoms with van der Waals surface area (Å²) in [6.45, 7) is 3.66. The minimum Gasteiger partial charge on any atom is -0.392 e. The highest BCUT2D eigenvalue weighted by atomic mass is 32.2. The molecule has 1 saturated heterocycles. The fraction of sp³-hybridized carbons (Fsp3) is 0.250. The zero-order valence-corrected chi connectivity index (χ0v) is 28.3. The van der Waals surface area contributed by atoms with Crippen LogP contribution in [0.15, 0.2) is 77.1 Å². The van der Waals surface area contributed by atoms with Crippen molar-refractivity contribution in [1.29, 1.82) is 0 Å². The van der Waals surface area contributed by atoms with E-state index in [1.165, 1.54) is 11.3 Å². The summed E-state index contributed by atoms with van der Waals surface area (Å²) in [5.74, 6) is -12.0. The van der Waals surface area contributed by atoms with Crippen LogP contribution in [0.3, 0.4) is 0 Å². The average molecular weight is 728 g/mol. The summed E-state index contributed by atoms with van der Waals surface area (Å²) in [5.41, 5.74) is 2.95. The Kier molecular flexibility index (Phi) is 10.9. The van der Waals surface area contributed by atoms with Gasteiger partial charge >= 0.3 is 0 Å². The molecule has 0 radical (unpaired) electrons. The zero-order valence-electron chi connectivity index (χ0n) is 26.6. The van der Waals surface area contributed by atoms with Crippen molar-refractivity contribution in [2.45, 2.75) is 49.8 Å². The first-order valence-corrected chi connectivity index (χ1v) is 17.3. The van der Waals surface area contributed by atoms with Gasteiger partial charge in [0.1, 0.15) is 10.6 Å². The Morgan fingerprint density at radius 2 is 1.50 bits per heavy atom. The van der Waals surface area contributed by atoms with Gasteiger partial charge in [-0.15, -0.1) is 10.2 Å². The summed E-state index contributed by atoms with van der Waals surface area (Å²) in [7, 11) is 0. The zero-order chi connectivity index (χ0) is 35.5. The molecule has 50 heavy (non-hydrogen) atoms. The lowest BCUT2D eigenvalue weighted by molar-refractivity contribution is -0.268. The minimum atomic E-state index is -2.34. The van der Waals surface area contributed by atoms with E-state index in [0.29, 0.717) is 11.3 Å². The van der Waals surface area contributed by atoms with E-state index in [1.54, 1.807) is 30.0 Å². The summed E-state index contributed by atoms with van der Waals surface area (Å²) >= 11 is 3.08. The van der Waals surface area contributed by atoms with E-state index >= 15 is 0 Å². The van der Waals surface area contributed by atoms with E-state index in [2.05, 4.69) is 22.4 Å². The molecule has 6 rings (SSSR count). The number of hydrogen-bond acceptors (Lipinski definition) is 8. The lowest BCUT2D eigenvalue weighted by atomic mass is 9.91. The molecular weight excluding hydrogens is 698 g/mol. The van der Waals surface area contributed by atoms with Crippen molar-refractivity contribution in [2.24, 2.45) is 5.92 Å². The lowest BCUT2D eigenvalue weighted by Crippen LogP contribution is -2.38. The highest BCUT2D eigenvalue weighted by Gasteiger charge is 2.38. The fourth-order valence-electron chi connectivity index (χ4n) is 5.60. The summed E-state index contributed by atoms with van der Waals surface area (Å²) in [4.78, 5) is 12.5. The molecule has 0 aliphatic carbocycles. The number of rotatable bonds is 10. The molecule has 14 heteroatoms. The van der Waals surface area contributed by atoms with Gasteiger partial charge in [0.2, 0.25) is 5.82 Å². The Labute approximate surface area is 292 Å². The normalized spacial score (nSPS) is 19.0. The standard InChI is InChI=1S/C36H30F5N3O4S2/c1-18-26(17-49-36-44-43-19(2)50-36)47-35(48-33(18)22-11-9-20(16-45)10-12-22)25-8-4-7-24(14-25)23-6-3-5-21(13-23)15-42-34(46)27-28(37)30(39)32(41)31(40)29(27)38/h3-14,18,26,33,35,45H,15-17H2,1-2H3,(H,42,46). The van der Waals surface area contributed by atoms with E-state index in [9.17, 15) is 31.9 Å². The summed E-state index contributed by atoms with van der Waals surface area (Å²) in [5, 5.41) is 21.0. The second-order valence-corrected chi connectivity index (χ2v) is 14.1. The first-order valence-electron chi connectivity index (χ1n) is 15.5. The van der Waals surface area contributed by atoms with Crippen molar-refractivity contribution < 1.29 is 41.3 Å². The van der Waals surface area contributed by atoms with Crippen LogP contribution < -0.4 is 5.32 Å². The maximum atomic E-state index is 14.2. The molecule has 2 N–H and O–H groups in total. The lowest BCUT2D eigenvalue weighted by Gasteiger charge is -2.41. The van der Waals surface area contributed by atoms with E-state index in [-0.39, 0.29) is 31.3 Å². The predicted molar refractivity (Wildman–Crippen MR) is 178 cm³/mol. The molecule has 0 spiro atoms. The minimum absolute atomic E-state index is 0.0346. The molecule has 4 atom stereocenters. The van der Waals surface area contributed by atoms with Crippen LogP contribution in [0.1, 0.15) is 56.9 Å². The van der Waals surface area contributed by atoms with Crippen molar-refractivity contribution in [3.05, 3.63) is 135 Å². The topological polar surface area (TPSA) is 93.6 Å². The molecule has 2 heterocycles. The molecular formula is C36H30F5N3O4S2. The quantitative estimate of drug-likeness (QED) is 0.0649. The largest absolute Gasteiger partial charge is 0.392 e. The number of ether oxygens (including phenoxy) is 2. The van der Waals surface area contributed by atoms with E-state index < -0.39 is 46.8 Å². The first-order chi connectivity index (χ1) is 24.0. The summed E-state index contributed by atoms with van der Waals surface area (Å²) in [6.07, 6.45) is -1.28. The van der Waals surface area contributed by atoms with Gasteiger partial charge in [-0.3, -0.25) is 4.79 Å². The third-order valence-corrected chi connectivity index (χ3v) is 10.4. The first kappa shape index (κ1) is 35.6. The van der Waals surface area contributed by atoms with Crippen molar-refractivity contribution in [3.8, 4) is 11.1 Å². The van der Waals surface area contributed by atoms with Gasteiger partial charge in [-0.05, 0) is 46.9 Å². The Morgan fingerprint density at radius 1 is 0.840 bits per heavy atom. The Bertz CT molecular complexity index is 1980. The maximum absolute atomic E-state index is 14.2. The molecule has 0 bridgehead atoms. The van der Waals surface area contributed by atoms with Crippen LogP contribution in [0.5, 0.6) is 0 Å². The highest BCUT2D eigenvalue weighted by Crippen LogP contribution is 2.43. The van der Waals surface area contributed by atoms with Gasteiger partial charge in [0.15, 0.2) is 33.9 Å². The Morgan fingerprint density at radius 3 is 2.16 bits per heavy atom. The molecule has 1 aliphatic heterocycles. The molecule has 4 aromatic carbocycles. The van der Waals surface area contributed by atoms with Gasteiger partial charge in [0, 0.05) is 23.8 Å². The molecule has 7 nitrogen and oxygen atoms in total. The average Bonchev–Trinajstić information content (AvgIpc) is 3.56. The molecule has 0 saturated carbocycles. The van der Waals surface area contributed by atoms with Crippen LogP contribution >= 0.6 is 23.1 Å². The van der Waals surface area contributed by atoms with E-state index in [1.807, 2.05) is 61.5 Å². The number of amides is 1. The van der Waals surface area contributed by atoms with Crippen molar-refractivity contribution in [3.63, 3.8) is 0 Å². The number of aliphatic hydroxyl groups excluding tert-OH is 1. The SMILES string of the molecule is Cc1nnc(SCC2OC(c3cccc(-c4cccc(CNC(=O)c5c(F)c(F)c(F)c(F)c5F)c4)c3)OC(c3ccc(CO)cc3)C2C)s1. The molecule has 1 aromatic heterocycles. The number of hydrogen-bond donors (Lipinski definition) is 2. The Hall–Kier alpha value is -4.21. The number of aromatic nitrogens is 2. The second-order valence-electron chi connectivity index (χ2n) is 11.7. The molecule has 4 unspecified atom stereocenters. The van der Waals surface area contributed by atoms with Gasteiger partial charge in [0.05, 0.1) is 18.8 Å². The molecule has 1 fully saturated rings. The van der Waals surface area contributed by atoms with Crippen LogP contribution in [0.25, 0.3) is 11.1 Å². The number of nitrogens with zero attached hydrogens (tertiary/aromatic N) is 2. The molecule has 1 aliphatic rings. The van der Waals surface area contributed by atoms with Crippen molar-refractivity contribution >= 4 is 29.0 Å². The van der Waals surface area contributed by atoms with Crippen molar-refractivity contribution in [1.82, 2.24) is 15.5 Å². The Balaban J connectivity index is 1.22. The van der Waals surface area contributed by atoms with Crippen LogP contribution in [-0.2, 0) is 22.6 Å². The summed E-state index contributed by atoms with van der Waals surface area (Å²) in [6, 6.07) is 22.1. The number of carbonyl (C=O) groups excluding carboxylic acids is 1. The molecule has 260 valence electrons. The van der Waals surface area contributed by atoms with Gasteiger partial charge < -0.3 is 19.9 Å². The number of nitrogens with one attached hydrogen (secondary N) is 1. The van der Waals surface area contributed by atoms with Crippen LogP contribution in [0.4, 0.5) is 22.0 Å². The third kappa shape index (κ3) is 7.59. The number of benzene rings is 4. The van der Waals surface area contributed by atoms with Crippen molar-refractivity contribution in [2.75, 3.05) is 5.75 Å². The van der Waals surface area contributed by atoms with Gasteiger partial charge in [0.25, 0.3) is 5.91 Å². The van der Waals surface area contributed by atoms with Crippen LogP contribution in [0.2, 0.25) is 0 Å². The summed E-state index contributed by atoms with van der Waals surface area (Å²) < 4.78 is 83.0. The predicted octanol–water partition coefficient (Wildman–Crippen LogP) is 8.22. The van der Waals surface area contributed by atoms with Gasteiger partial charge in [-0.1, -0.05) is 90.7 Å². The van der Waals surface area contributed by atoms with E-state index in [0.717, 1.165) is 37.2 Å². The monoisotopic (exact) mass is 727 g/mol. The number of halogens is 5. The van der Waals surface area contributed by atoms with Crippen LogP contribution in [0, 0.1) is 41.9 Å². The second kappa shape index (κ2) is 15.4. The molecule has 5 aromatic rings. The number of aryl methyl sites for hydroxylation is 1. The van der Waals surface area contributed by atoms with Gasteiger partial charge in [-0.2, -0.15) is 0 Å². The third-order valence-electron chi connectivity index (χ3n) is 8.31. The smallest absolute Gasteiger partial charge is 0.257 e. The maximum Gasteiger partial charge on any atom is 0.257 e. The fourth-order valence-corrected chi connectivity index (χ4v) is 7.61. The number of aliphatic hydroxyl groups is 1. The van der Waals surface area contributed by atoms with Gasteiger partial charge in [-0.25, -0.2) is 22.0 Å². The van der Waals surface area contributed by atoms with E-state index in [4.69, 9.17) is 9.47 Å².